The summed E-state index contributed by atoms with van der Waals surface area (Å²) in [7, 11) is 0. The van der Waals surface area contributed by atoms with Gasteiger partial charge in [0.05, 0.1) is 5.54 Å². The van der Waals surface area contributed by atoms with Crippen LogP contribution in [-0.2, 0) is 4.74 Å². The fraction of sp³-hybridized carbons (Fsp3) is 0.750. The lowest BCUT2D eigenvalue weighted by Gasteiger charge is -2.44. The van der Waals surface area contributed by atoms with Crippen LogP contribution < -0.4 is 16.0 Å². The van der Waals surface area contributed by atoms with E-state index in [9.17, 15) is 9.59 Å². The zero-order valence-electron chi connectivity index (χ0n) is 18.7. The second-order valence-corrected chi connectivity index (χ2v) is 9.43. The molecule has 3 N–H and O–H groups in total. The number of nitrogens with one attached hydrogen (secondary N) is 3. The highest BCUT2D eigenvalue weighted by atomic mass is 16.5. The molecule has 4 aliphatic rings. The third-order valence-electron chi connectivity index (χ3n) is 7.50. The van der Waals surface area contributed by atoms with Crippen LogP contribution in [0.3, 0.4) is 0 Å². The number of rotatable bonds is 6. The Balaban J connectivity index is 1.16. The van der Waals surface area contributed by atoms with Crippen molar-refractivity contribution in [3.8, 4) is 0 Å². The Hall–Kier alpha value is -2.02. The summed E-state index contributed by atoms with van der Waals surface area (Å²) in [5.74, 6) is 0.696. The highest BCUT2D eigenvalue weighted by Crippen LogP contribution is 2.35. The van der Waals surface area contributed by atoms with E-state index in [0.717, 1.165) is 45.1 Å². The fourth-order valence-electron chi connectivity index (χ4n) is 5.77. The number of likely N-dealkylation sites (tertiary alicyclic amines) is 1. The van der Waals surface area contributed by atoms with E-state index in [2.05, 4.69) is 39.1 Å². The Morgan fingerprint density at radius 2 is 1.84 bits per heavy atom. The molecule has 0 radical (unpaired) electrons. The number of amides is 4. The first-order chi connectivity index (χ1) is 15.2. The van der Waals surface area contributed by atoms with Crippen LogP contribution in [0.4, 0.5) is 9.59 Å². The molecule has 172 valence electrons. The lowest BCUT2D eigenvalue weighted by Crippen LogP contribution is -2.56. The minimum Gasteiger partial charge on any atom is -0.381 e. The van der Waals surface area contributed by atoms with E-state index < -0.39 is 0 Å². The maximum atomic E-state index is 12.7. The van der Waals surface area contributed by atoms with Gasteiger partial charge in [-0.2, -0.15) is 0 Å². The number of carbonyl (C=O) groups is 2. The molecule has 2 atom stereocenters. The van der Waals surface area contributed by atoms with Crippen molar-refractivity contribution < 1.29 is 14.3 Å². The van der Waals surface area contributed by atoms with Crippen molar-refractivity contribution in [2.45, 2.75) is 75.8 Å². The first-order valence-electron chi connectivity index (χ1n) is 12.2. The molecule has 4 amide bonds. The van der Waals surface area contributed by atoms with E-state index in [1.165, 1.54) is 31.3 Å². The number of nitrogens with zero attached hydrogens (tertiary/aromatic N) is 1. The number of urea groups is 2. The Bertz CT molecular complexity index is 697. The van der Waals surface area contributed by atoms with Gasteiger partial charge in [-0.25, -0.2) is 9.59 Å². The van der Waals surface area contributed by atoms with Crippen molar-refractivity contribution in [1.29, 1.82) is 0 Å². The Morgan fingerprint density at radius 3 is 2.65 bits per heavy atom. The third kappa shape index (κ3) is 5.43. The minimum atomic E-state index is -0.301. The summed E-state index contributed by atoms with van der Waals surface area (Å²) >= 11 is 0. The van der Waals surface area contributed by atoms with Crippen molar-refractivity contribution in [1.82, 2.24) is 20.9 Å². The molecule has 0 spiro atoms. The van der Waals surface area contributed by atoms with Crippen LogP contribution in [0.25, 0.3) is 0 Å². The van der Waals surface area contributed by atoms with Crippen LogP contribution in [0, 0.1) is 5.92 Å². The van der Waals surface area contributed by atoms with Crippen LogP contribution in [0.2, 0.25) is 0 Å². The number of fused-ring (bicyclic) bond motifs is 1. The zero-order chi connectivity index (χ0) is 21.5. The molecule has 7 nitrogen and oxygen atoms in total. The molecule has 31 heavy (non-hydrogen) atoms. The molecular weight excluding hydrogens is 392 g/mol. The van der Waals surface area contributed by atoms with Crippen LogP contribution in [0.5, 0.6) is 0 Å². The van der Waals surface area contributed by atoms with Gasteiger partial charge in [0.25, 0.3) is 0 Å². The molecule has 2 heterocycles. The Labute approximate surface area is 186 Å². The van der Waals surface area contributed by atoms with Gasteiger partial charge in [0.15, 0.2) is 0 Å². The fourth-order valence-corrected chi connectivity index (χ4v) is 5.77. The van der Waals surface area contributed by atoms with E-state index in [1.807, 2.05) is 0 Å². The SMILES string of the molecule is O=C(NCCCNC(=O)N1CCCC2CCCCC21)NC1(C2=CC=CC2)CCOCC1. The normalized spacial score (nSPS) is 27.2. The standard InChI is InChI=1S/C24H38N4O3/c29-22(27-24(12-17-31-18-13-24)20-9-2-3-10-20)25-14-6-15-26-23(30)28-16-5-8-19-7-1-4-11-21(19)28/h2-3,9,19,21H,1,4-8,10-18H2,(H,26,30)(H2,25,27,29). The smallest absolute Gasteiger partial charge is 0.317 e. The lowest BCUT2D eigenvalue weighted by atomic mass is 9.78. The molecule has 4 rings (SSSR count). The lowest BCUT2D eigenvalue weighted by molar-refractivity contribution is 0.0545. The minimum absolute atomic E-state index is 0.0721. The molecule has 2 saturated heterocycles. The predicted octanol–water partition coefficient (Wildman–Crippen LogP) is 3.48. The molecule has 0 bridgehead atoms. The average Bonchev–Trinajstić information content (AvgIpc) is 3.35. The molecule has 0 aromatic heterocycles. The number of allylic oxidation sites excluding steroid dienone is 3. The summed E-state index contributed by atoms with van der Waals surface area (Å²) in [6.07, 6.45) is 16.9. The molecule has 1 saturated carbocycles. The second-order valence-electron chi connectivity index (χ2n) is 9.43. The monoisotopic (exact) mass is 430 g/mol. The zero-order valence-corrected chi connectivity index (χ0v) is 18.7. The van der Waals surface area contributed by atoms with Crippen molar-refractivity contribution >= 4 is 12.1 Å². The van der Waals surface area contributed by atoms with E-state index in [0.29, 0.717) is 38.3 Å². The van der Waals surface area contributed by atoms with Gasteiger partial charge in [-0.15, -0.1) is 0 Å². The maximum absolute atomic E-state index is 12.7. The quantitative estimate of drug-likeness (QED) is 0.564. The Kier molecular flexibility index (Phi) is 7.54. The number of ether oxygens (including phenoxy) is 1. The molecule has 2 aliphatic carbocycles. The second kappa shape index (κ2) is 10.5. The van der Waals surface area contributed by atoms with Gasteiger partial charge in [0.2, 0.25) is 0 Å². The van der Waals surface area contributed by atoms with Crippen LogP contribution in [0.15, 0.2) is 23.8 Å². The third-order valence-corrected chi connectivity index (χ3v) is 7.50. The maximum Gasteiger partial charge on any atom is 0.317 e. The first-order valence-corrected chi connectivity index (χ1v) is 12.2. The van der Waals surface area contributed by atoms with E-state index in [-0.39, 0.29) is 17.6 Å². The van der Waals surface area contributed by atoms with Crippen molar-refractivity contribution in [2.75, 3.05) is 32.8 Å². The highest BCUT2D eigenvalue weighted by Gasteiger charge is 2.38. The van der Waals surface area contributed by atoms with Crippen LogP contribution in [-0.4, -0.2) is 61.4 Å². The topological polar surface area (TPSA) is 82.7 Å². The van der Waals surface area contributed by atoms with Gasteiger partial charge in [0.1, 0.15) is 0 Å². The number of piperidine rings is 1. The van der Waals surface area contributed by atoms with Crippen LogP contribution >= 0.6 is 0 Å². The Morgan fingerprint density at radius 1 is 1.06 bits per heavy atom. The molecular formula is C24H38N4O3. The van der Waals surface area contributed by atoms with E-state index >= 15 is 0 Å². The number of hydrogen-bond acceptors (Lipinski definition) is 3. The molecule has 0 aromatic carbocycles. The van der Waals surface area contributed by atoms with E-state index in [1.54, 1.807) is 0 Å². The van der Waals surface area contributed by atoms with Crippen molar-refractivity contribution in [2.24, 2.45) is 5.92 Å². The summed E-state index contributed by atoms with van der Waals surface area (Å²) in [6.45, 7) is 3.34. The first kappa shape index (κ1) is 22.2. The van der Waals surface area contributed by atoms with Gasteiger partial charge in [0, 0.05) is 38.9 Å². The molecule has 2 aliphatic heterocycles. The summed E-state index contributed by atoms with van der Waals surface area (Å²) in [5.41, 5.74) is 0.964. The predicted molar refractivity (Wildman–Crippen MR) is 121 cm³/mol. The largest absolute Gasteiger partial charge is 0.381 e. The average molecular weight is 431 g/mol. The number of hydrogen-bond donors (Lipinski definition) is 3. The van der Waals surface area contributed by atoms with Gasteiger partial charge in [-0.1, -0.05) is 31.1 Å². The van der Waals surface area contributed by atoms with E-state index in [4.69, 9.17) is 4.74 Å². The summed E-state index contributed by atoms with van der Waals surface area (Å²) in [4.78, 5) is 27.3. The summed E-state index contributed by atoms with van der Waals surface area (Å²) in [5, 5.41) is 9.27. The highest BCUT2D eigenvalue weighted by molar-refractivity contribution is 5.76. The number of carbonyl (C=O) groups excluding carboxylic acids is 2. The van der Waals surface area contributed by atoms with Gasteiger partial charge in [-0.3, -0.25) is 0 Å². The molecule has 7 heteroatoms. The van der Waals surface area contributed by atoms with Crippen LogP contribution in [0.1, 0.15) is 64.2 Å². The molecule has 2 unspecified atom stereocenters. The van der Waals surface area contributed by atoms with Gasteiger partial charge in [-0.05, 0) is 62.9 Å². The van der Waals surface area contributed by atoms with Gasteiger partial charge < -0.3 is 25.6 Å². The summed E-state index contributed by atoms with van der Waals surface area (Å²) in [6, 6.07) is 0.367. The molecule has 3 fully saturated rings. The molecule has 0 aromatic rings. The van der Waals surface area contributed by atoms with Gasteiger partial charge >= 0.3 is 12.1 Å². The van der Waals surface area contributed by atoms with Crippen molar-refractivity contribution in [3.63, 3.8) is 0 Å². The van der Waals surface area contributed by atoms with Crippen molar-refractivity contribution in [3.05, 3.63) is 23.8 Å². The summed E-state index contributed by atoms with van der Waals surface area (Å²) < 4.78 is 5.52.